The fourth-order valence-electron chi connectivity index (χ4n) is 2.89. The van der Waals surface area contributed by atoms with Crippen LogP contribution in [0.2, 0.25) is 5.02 Å². The third-order valence-corrected chi connectivity index (χ3v) is 4.35. The molecule has 0 amide bonds. The van der Waals surface area contributed by atoms with Crippen LogP contribution in [0.1, 0.15) is 17.0 Å². The molecular formula is C19H14ClFN4O. The van der Waals surface area contributed by atoms with Gasteiger partial charge in [0, 0.05) is 17.0 Å². The maximum absolute atomic E-state index is 13.3. The van der Waals surface area contributed by atoms with E-state index < -0.39 is 6.67 Å². The van der Waals surface area contributed by atoms with Crippen LogP contribution in [0, 0.1) is 0 Å². The van der Waals surface area contributed by atoms with E-state index in [4.69, 9.17) is 11.6 Å². The number of nitrogens with zero attached hydrogens (tertiary/aromatic N) is 3. The van der Waals surface area contributed by atoms with Gasteiger partial charge in [0.1, 0.15) is 17.9 Å². The monoisotopic (exact) mass is 368 g/mol. The van der Waals surface area contributed by atoms with Crippen molar-refractivity contribution in [2.24, 2.45) is 0 Å². The molecule has 0 radical (unpaired) electrons. The highest BCUT2D eigenvalue weighted by Gasteiger charge is 2.14. The molecule has 0 aliphatic rings. The predicted molar refractivity (Wildman–Crippen MR) is 98.6 cm³/mol. The number of nitrogens with one attached hydrogen (secondary N) is 1. The van der Waals surface area contributed by atoms with E-state index in [1.807, 2.05) is 18.2 Å². The highest BCUT2D eigenvalue weighted by molar-refractivity contribution is 6.30. The Morgan fingerprint density at radius 2 is 2.00 bits per heavy atom. The number of benzene rings is 2. The van der Waals surface area contributed by atoms with E-state index in [1.54, 1.807) is 30.3 Å². The van der Waals surface area contributed by atoms with Gasteiger partial charge >= 0.3 is 0 Å². The van der Waals surface area contributed by atoms with Crippen LogP contribution < -0.4 is 5.56 Å². The Morgan fingerprint density at radius 3 is 2.81 bits per heavy atom. The topological polar surface area (TPSA) is 63.6 Å². The molecule has 2 aromatic heterocycles. The van der Waals surface area contributed by atoms with Crippen LogP contribution in [0.3, 0.4) is 0 Å². The number of H-pyrrole nitrogens is 1. The van der Waals surface area contributed by atoms with E-state index >= 15 is 0 Å². The first kappa shape index (κ1) is 16.5. The summed E-state index contributed by atoms with van der Waals surface area (Å²) in [4.78, 5) is 19.7. The molecule has 2 heterocycles. The number of alkyl halides is 1. The zero-order valence-electron chi connectivity index (χ0n) is 13.6. The van der Waals surface area contributed by atoms with Crippen LogP contribution in [0.25, 0.3) is 16.7 Å². The van der Waals surface area contributed by atoms with Gasteiger partial charge < -0.3 is 4.98 Å². The molecule has 0 spiro atoms. The van der Waals surface area contributed by atoms with Gasteiger partial charge in [-0.15, -0.1) is 0 Å². The molecule has 1 N–H and O–H groups in total. The molecule has 0 saturated carbocycles. The van der Waals surface area contributed by atoms with Gasteiger partial charge in [0.2, 0.25) is 0 Å². The van der Waals surface area contributed by atoms with Crippen LogP contribution >= 0.6 is 11.6 Å². The number of fused-ring (bicyclic) bond motifs is 1. The molecule has 7 heteroatoms. The van der Waals surface area contributed by atoms with Crippen LogP contribution in [0.5, 0.6) is 0 Å². The second-order valence-corrected chi connectivity index (χ2v) is 6.31. The summed E-state index contributed by atoms with van der Waals surface area (Å²) in [7, 11) is 0. The third-order valence-electron chi connectivity index (χ3n) is 4.11. The van der Waals surface area contributed by atoms with Gasteiger partial charge in [-0.05, 0) is 23.8 Å². The second-order valence-electron chi connectivity index (χ2n) is 5.88. The Balaban J connectivity index is 1.84. The zero-order chi connectivity index (χ0) is 18.1. The highest BCUT2D eigenvalue weighted by Crippen LogP contribution is 2.19. The summed E-state index contributed by atoms with van der Waals surface area (Å²) in [5.41, 5.74) is 2.09. The lowest BCUT2D eigenvalue weighted by Gasteiger charge is -2.08. The molecule has 0 unspecified atom stereocenters. The highest BCUT2D eigenvalue weighted by atomic mass is 35.5. The third kappa shape index (κ3) is 2.99. The molecule has 0 aliphatic heterocycles. The van der Waals surface area contributed by atoms with Crippen molar-refractivity contribution in [2.45, 2.75) is 13.1 Å². The van der Waals surface area contributed by atoms with E-state index in [2.05, 4.69) is 15.1 Å². The molecule has 2 aromatic carbocycles. The minimum absolute atomic E-state index is 0.281. The zero-order valence-corrected chi connectivity index (χ0v) is 14.4. The van der Waals surface area contributed by atoms with E-state index in [-0.39, 0.29) is 5.56 Å². The Morgan fingerprint density at radius 1 is 1.15 bits per heavy atom. The van der Waals surface area contributed by atoms with Gasteiger partial charge in [-0.2, -0.15) is 5.10 Å². The standard InChI is InChI=1S/C19H14ClFN4O/c20-14-6-3-4-12(8-14)9-17-23-18-15(19(26)24-17)11-22-25(18)16-7-2-1-5-13(16)10-21/h1-8,11H,9-10H2,(H,23,24,26). The molecule has 130 valence electrons. The Kier molecular flexibility index (Phi) is 4.26. The number of halogens is 2. The lowest BCUT2D eigenvalue weighted by atomic mass is 10.1. The first-order valence-electron chi connectivity index (χ1n) is 8.01. The van der Waals surface area contributed by atoms with Gasteiger partial charge in [-0.3, -0.25) is 4.79 Å². The van der Waals surface area contributed by atoms with Gasteiger partial charge in [0.25, 0.3) is 5.56 Å². The summed E-state index contributed by atoms with van der Waals surface area (Å²) in [6, 6.07) is 14.3. The molecule has 5 nitrogen and oxygen atoms in total. The second kappa shape index (κ2) is 6.72. The maximum atomic E-state index is 13.3. The molecule has 4 rings (SSSR count). The van der Waals surface area contributed by atoms with Crippen molar-refractivity contribution in [1.29, 1.82) is 0 Å². The normalized spacial score (nSPS) is 11.2. The summed E-state index contributed by atoms with van der Waals surface area (Å²) >= 11 is 6.02. The smallest absolute Gasteiger partial charge is 0.262 e. The number of aromatic amines is 1. The van der Waals surface area contributed by atoms with E-state index in [9.17, 15) is 9.18 Å². The van der Waals surface area contributed by atoms with Crippen molar-refractivity contribution in [2.75, 3.05) is 0 Å². The Bertz CT molecular complexity index is 1150. The fraction of sp³-hybridized carbons (Fsp3) is 0.105. The van der Waals surface area contributed by atoms with Crippen LogP contribution in [0.15, 0.2) is 59.5 Å². The quantitative estimate of drug-likeness (QED) is 0.595. The summed E-state index contributed by atoms with van der Waals surface area (Å²) in [5, 5.41) is 5.22. The number of aromatic nitrogens is 4. The molecule has 0 fully saturated rings. The van der Waals surface area contributed by atoms with E-state index in [0.717, 1.165) is 5.56 Å². The molecule has 26 heavy (non-hydrogen) atoms. The Labute approximate surface area is 153 Å². The summed E-state index contributed by atoms with van der Waals surface area (Å²) in [5.74, 6) is 0.490. The summed E-state index contributed by atoms with van der Waals surface area (Å²) in [6.45, 7) is -0.629. The van der Waals surface area contributed by atoms with Crippen molar-refractivity contribution < 1.29 is 4.39 Å². The minimum atomic E-state index is -0.629. The number of hydrogen-bond donors (Lipinski definition) is 1. The van der Waals surface area contributed by atoms with Gasteiger partial charge in [0.15, 0.2) is 5.65 Å². The average Bonchev–Trinajstić information content (AvgIpc) is 3.06. The average molecular weight is 369 g/mol. The van der Waals surface area contributed by atoms with Gasteiger partial charge in [-0.1, -0.05) is 41.9 Å². The van der Waals surface area contributed by atoms with E-state index in [1.165, 1.54) is 10.9 Å². The van der Waals surface area contributed by atoms with Crippen LogP contribution in [-0.4, -0.2) is 19.7 Å². The first-order valence-corrected chi connectivity index (χ1v) is 8.39. The molecule has 4 aromatic rings. The molecule has 0 aliphatic carbocycles. The van der Waals surface area contributed by atoms with Crippen LogP contribution in [-0.2, 0) is 13.1 Å². The fourth-order valence-corrected chi connectivity index (χ4v) is 3.11. The first-order chi connectivity index (χ1) is 12.7. The summed E-state index contributed by atoms with van der Waals surface area (Å²) < 4.78 is 14.8. The molecular weight excluding hydrogens is 355 g/mol. The lowest BCUT2D eigenvalue weighted by Crippen LogP contribution is -2.13. The Hall–Kier alpha value is -2.99. The number of hydrogen-bond acceptors (Lipinski definition) is 3. The number of rotatable bonds is 4. The van der Waals surface area contributed by atoms with E-state index in [0.29, 0.717) is 39.6 Å². The SMILES string of the molecule is O=c1[nH]c(Cc2cccc(Cl)c2)nc2c1cnn2-c1ccccc1CF. The lowest BCUT2D eigenvalue weighted by molar-refractivity contribution is 0.483. The molecule has 0 atom stereocenters. The molecule has 0 saturated heterocycles. The van der Waals surface area contributed by atoms with Gasteiger partial charge in [-0.25, -0.2) is 14.1 Å². The predicted octanol–water partition coefficient (Wildman–Crippen LogP) is 3.82. The maximum Gasteiger partial charge on any atom is 0.262 e. The van der Waals surface area contributed by atoms with Crippen molar-refractivity contribution in [3.05, 3.63) is 87.1 Å². The van der Waals surface area contributed by atoms with Crippen molar-refractivity contribution in [1.82, 2.24) is 19.7 Å². The van der Waals surface area contributed by atoms with Gasteiger partial charge in [0.05, 0.1) is 11.9 Å². The minimum Gasteiger partial charge on any atom is -0.310 e. The van der Waals surface area contributed by atoms with Crippen molar-refractivity contribution >= 4 is 22.6 Å². The molecule has 0 bridgehead atoms. The van der Waals surface area contributed by atoms with Crippen molar-refractivity contribution in [3.63, 3.8) is 0 Å². The van der Waals surface area contributed by atoms with Crippen LogP contribution in [0.4, 0.5) is 4.39 Å². The largest absolute Gasteiger partial charge is 0.310 e. The summed E-state index contributed by atoms with van der Waals surface area (Å²) in [6.07, 6.45) is 1.86. The number of para-hydroxylation sites is 1. The van der Waals surface area contributed by atoms with Crippen molar-refractivity contribution in [3.8, 4) is 5.69 Å².